The van der Waals surface area contributed by atoms with E-state index in [0.717, 1.165) is 6.92 Å². The lowest BCUT2D eigenvalue weighted by Gasteiger charge is -2.46. The van der Waals surface area contributed by atoms with E-state index in [1.807, 2.05) is 0 Å². The Hall–Kier alpha value is -1.82. The molecule has 0 bridgehead atoms. The number of aliphatic hydroxyl groups is 4. The predicted molar refractivity (Wildman–Crippen MR) is 85.8 cm³/mol. The van der Waals surface area contributed by atoms with Crippen molar-refractivity contribution in [3.8, 4) is 0 Å². The van der Waals surface area contributed by atoms with Crippen molar-refractivity contribution < 1.29 is 59.5 Å². The van der Waals surface area contributed by atoms with E-state index in [1.165, 1.54) is 0 Å². The van der Waals surface area contributed by atoms with Gasteiger partial charge in [-0.15, -0.1) is 0 Å². The molecule has 15 nitrogen and oxygen atoms in total. The maximum atomic E-state index is 11.5. The van der Waals surface area contributed by atoms with E-state index in [1.54, 1.807) is 0 Å². The van der Waals surface area contributed by atoms with Gasteiger partial charge in [0.25, 0.3) is 0 Å². The first kappa shape index (κ1) is 23.5. The second-order valence-electron chi connectivity index (χ2n) is 6.49. The molecule has 0 spiro atoms. The van der Waals surface area contributed by atoms with Crippen molar-refractivity contribution in [3.05, 3.63) is 4.91 Å². The van der Waals surface area contributed by atoms with Gasteiger partial charge in [-0.3, -0.25) is 4.79 Å². The molecule has 2 heterocycles. The summed E-state index contributed by atoms with van der Waals surface area (Å²) in [6.45, 7) is 0.321. The number of carboxylic acids is 1. The van der Waals surface area contributed by atoms with Gasteiger partial charge in [0.2, 0.25) is 12.2 Å². The van der Waals surface area contributed by atoms with E-state index < -0.39 is 79.8 Å². The zero-order valence-electron chi connectivity index (χ0n) is 15.0. The number of aliphatic carboxylic acids is 1. The highest BCUT2D eigenvalue weighted by Crippen LogP contribution is 2.30. The van der Waals surface area contributed by atoms with Gasteiger partial charge in [-0.25, -0.2) is 14.9 Å². The molecule has 10 unspecified atom stereocenters. The third kappa shape index (κ3) is 4.85. The molecule has 2 aliphatic rings. The smallest absolute Gasteiger partial charge is 0.335 e. The number of ether oxygens (including phenoxy) is 3. The maximum Gasteiger partial charge on any atom is 0.335 e. The number of nitrogens with zero attached hydrogens (tertiary/aromatic N) is 1. The van der Waals surface area contributed by atoms with Crippen LogP contribution in [0.25, 0.3) is 0 Å². The minimum absolute atomic E-state index is 0.666. The maximum absolute atomic E-state index is 11.5. The fourth-order valence-corrected chi connectivity index (χ4v) is 3.15. The van der Waals surface area contributed by atoms with Crippen LogP contribution in [0.15, 0.2) is 5.18 Å². The van der Waals surface area contributed by atoms with E-state index in [2.05, 4.69) is 15.4 Å². The van der Waals surface area contributed by atoms with Gasteiger partial charge in [-0.05, 0) is 0 Å². The SMILES string of the molecule is CC(=O)NC1C(OO)OC(CO)C(O)C1OC1OC(C(=O)O)C(O)C(N=O)C1O. The molecule has 2 rings (SSSR count). The number of carbonyl (C=O) groups excluding carboxylic acids is 1. The summed E-state index contributed by atoms with van der Waals surface area (Å²) in [6, 6.07) is -3.26. The van der Waals surface area contributed by atoms with Crippen molar-refractivity contribution >= 4 is 11.9 Å². The van der Waals surface area contributed by atoms with Gasteiger partial charge < -0.3 is 45.1 Å². The second-order valence-corrected chi connectivity index (χ2v) is 6.49. The molecular weight excluding hydrogens is 404 g/mol. The molecule has 0 aliphatic carbocycles. The van der Waals surface area contributed by atoms with E-state index >= 15 is 0 Å². The van der Waals surface area contributed by atoms with E-state index in [-0.39, 0.29) is 0 Å². The van der Waals surface area contributed by atoms with Gasteiger partial charge >= 0.3 is 5.97 Å². The molecule has 166 valence electrons. The molecule has 15 heteroatoms. The number of amides is 1. The van der Waals surface area contributed by atoms with Crippen molar-refractivity contribution in [1.82, 2.24) is 5.32 Å². The highest BCUT2D eigenvalue weighted by molar-refractivity contribution is 5.73. The summed E-state index contributed by atoms with van der Waals surface area (Å²) in [5, 5.41) is 62.7. The normalized spacial score (nSPS) is 42.8. The van der Waals surface area contributed by atoms with Crippen LogP contribution >= 0.6 is 0 Å². The first-order chi connectivity index (χ1) is 13.7. The Morgan fingerprint density at radius 3 is 2.24 bits per heavy atom. The van der Waals surface area contributed by atoms with Crippen LogP contribution in [0.4, 0.5) is 0 Å². The van der Waals surface area contributed by atoms with E-state index in [4.69, 9.17) is 24.6 Å². The predicted octanol–water partition coefficient (Wildman–Crippen LogP) is -3.89. The topological polar surface area (TPSA) is 234 Å². The largest absolute Gasteiger partial charge is 0.479 e. The summed E-state index contributed by atoms with van der Waals surface area (Å²) in [5.41, 5.74) is 0. The molecule has 0 aromatic rings. The van der Waals surface area contributed by atoms with E-state index in [9.17, 15) is 34.9 Å². The number of nitrogens with one attached hydrogen (secondary N) is 1. The van der Waals surface area contributed by atoms with Crippen LogP contribution in [0.2, 0.25) is 0 Å². The Bertz CT molecular complexity index is 604. The molecule has 10 atom stereocenters. The highest BCUT2D eigenvalue weighted by Gasteiger charge is 2.53. The second kappa shape index (κ2) is 9.79. The standard InChI is InChI=1S/C14H22N2O13/c1-3(18)15-6-10(7(19)4(2-17)26-13(6)29-25)27-14-9(21)5(16-24)8(20)11(28-14)12(22)23/h4-11,13-14,17,19-21,25H,2H2,1H3,(H,15,18)(H,22,23). The fraction of sp³-hybridized carbons (Fsp3) is 0.857. The summed E-state index contributed by atoms with van der Waals surface area (Å²) < 4.78 is 15.5. The molecule has 0 radical (unpaired) electrons. The van der Waals surface area contributed by atoms with Crippen molar-refractivity contribution in [2.24, 2.45) is 5.18 Å². The first-order valence-corrected chi connectivity index (χ1v) is 8.40. The summed E-state index contributed by atoms with van der Waals surface area (Å²) in [7, 11) is 0. The van der Waals surface area contributed by atoms with Gasteiger partial charge in [0.05, 0.1) is 6.61 Å². The lowest BCUT2D eigenvalue weighted by atomic mass is 9.94. The molecule has 7 N–H and O–H groups in total. The van der Waals surface area contributed by atoms with Crippen molar-refractivity contribution in [2.75, 3.05) is 6.61 Å². The molecule has 2 saturated heterocycles. The molecule has 0 saturated carbocycles. The van der Waals surface area contributed by atoms with Crippen LogP contribution in [0, 0.1) is 4.91 Å². The summed E-state index contributed by atoms with van der Waals surface area (Å²) in [4.78, 5) is 37.8. The lowest BCUT2D eigenvalue weighted by molar-refractivity contribution is -0.398. The molecule has 2 fully saturated rings. The van der Waals surface area contributed by atoms with Crippen LogP contribution in [-0.4, -0.2) is 111 Å². The quantitative estimate of drug-likeness (QED) is 0.117. The van der Waals surface area contributed by atoms with Gasteiger partial charge in [-0.2, -0.15) is 4.91 Å². The lowest BCUT2D eigenvalue weighted by Crippen LogP contribution is -2.68. The zero-order chi connectivity index (χ0) is 21.9. The monoisotopic (exact) mass is 426 g/mol. The summed E-state index contributed by atoms with van der Waals surface area (Å²) in [6.07, 6.45) is -14.1. The first-order valence-electron chi connectivity index (χ1n) is 8.40. The Morgan fingerprint density at radius 1 is 1.10 bits per heavy atom. The van der Waals surface area contributed by atoms with Crippen LogP contribution in [0.1, 0.15) is 6.92 Å². The molecular formula is C14H22N2O13. The van der Waals surface area contributed by atoms with Crippen molar-refractivity contribution in [2.45, 2.75) is 68.2 Å². The van der Waals surface area contributed by atoms with Gasteiger partial charge in [0.15, 0.2) is 18.4 Å². The van der Waals surface area contributed by atoms with Crippen LogP contribution in [0.5, 0.6) is 0 Å². The molecule has 0 aromatic heterocycles. The van der Waals surface area contributed by atoms with Crippen LogP contribution in [-0.2, 0) is 28.7 Å². The Kier molecular flexibility index (Phi) is 7.92. The third-order valence-electron chi connectivity index (χ3n) is 4.55. The van der Waals surface area contributed by atoms with Gasteiger partial charge in [-0.1, -0.05) is 5.18 Å². The van der Waals surface area contributed by atoms with Gasteiger partial charge in [0.1, 0.15) is 36.6 Å². The molecule has 0 aromatic carbocycles. The zero-order valence-corrected chi connectivity index (χ0v) is 15.0. The third-order valence-corrected chi connectivity index (χ3v) is 4.55. The van der Waals surface area contributed by atoms with Crippen LogP contribution < -0.4 is 5.32 Å². The number of carboxylic acid groups (broad SMARTS) is 1. The number of hydrogen-bond acceptors (Lipinski definition) is 13. The van der Waals surface area contributed by atoms with Crippen LogP contribution in [0.3, 0.4) is 0 Å². The molecule has 2 aliphatic heterocycles. The van der Waals surface area contributed by atoms with Gasteiger partial charge in [0, 0.05) is 6.92 Å². The number of hydrogen-bond donors (Lipinski definition) is 7. The Balaban J connectivity index is 2.32. The Labute approximate surface area is 162 Å². The minimum atomic E-state index is -2.00. The number of nitroso groups, excluding NO2 is 1. The Morgan fingerprint density at radius 2 is 1.76 bits per heavy atom. The minimum Gasteiger partial charge on any atom is -0.479 e. The van der Waals surface area contributed by atoms with Crippen molar-refractivity contribution in [3.63, 3.8) is 0 Å². The molecule has 1 amide bonds. The fourth-order valence-electron chi connectivity index (χ4n) is 3.15. The summed E-state index contributed by atoms with van der Waals surface area (Å²) >= 11 is 0. The number of aliphatic hydroxyl groups excluding tert-OH is 4. The highest BCUT2D eigenvalue weighted by atomic mass is 17.1. The molecule has 29 heavy (non-hydrogen) atoms. The summed E-state index contributed by atoms with van der Waals surface area (Å²) in [5.74, 6) is -2.34. The average molecular weight is 426 g/mol. The average Bonchev–Trinajstić information content (AvgIpc) is 2.66. The number of rotatable bonds is 7. The van der Waals surface area contributed by atoms with Crippen molar-refractivity contribution in [1.29, 1.82) is 0 Å². The number of carbonyl (C=O) groups is 2. The van der Waals surface area contributed by atoms with E-state index in [0.29, 0.717) is 0 Å².